The van der Waals surface area contributed by atoms with E-state index in [0.717, 1.165) is 22.5 Å². The van der Waals surface area contributed by atoms with E-state index >= 15 is 0 Å². The highest BCUT2D eigenvalue weighted by molar-refractivity contribution is 5.78. The van der Waals surface area contributed by atoms with Crippen molar-refractivity contribution in [3.05, 3.63) is 47.0 Å². The van der Waals surface area contributed by atoms with E-state index < -0.39 is 0 Å². The molecule has 0 amide bonds. The van der Waals surface area contributed by atoms with Gasteiger partial charge in [0.1, 0.15) is 0 Å². The maximum Gasteiger partial charge on any atom is 0.0934 e. The molecular weight excluding hydrogens is 248 g/mol. The first-order chi connectivity index (χ1) is 9.51. The lowest BCUT2D eigenvalue weighted by atomic mass is 10.0. The van der Waals surface area contributed by atoms with Crippen LogP contribution in [0.25, 0.3) is 0 Å². The molecule has 0 aromatic heterocycles. The Bertz CT molecular complexity index is 545. The SMILES string of the molecule is C=N/C=C(/C)C=NCC1=CC(C)=C(C)N(C=NC)C1=C. The molecule has 4 nitrogen and oxygen atoms in total. The lowest BCUT2D eigenvalue weighted by molar-refractivity contribution is 0.638. The summed E-state index contributed by atoms with van der Waals surface area (Å²) in [6.45, 7) is 14.2. The number of nitrogens with zero attached hydrogens (tertiary/aromatic N) is 4. The van der Waals surface area contributed by atoms with Crippen LogP contribution in [0.1, 0.15) is 20.8 Å². The minimum absolute atomic E-state index is 0.583. The molecule has 0 saturated heterocycles. The van der Waals surface area contributed by atoms with E-state index in [-0.39, 0.29) is 0 Å². The van der Waals surface area contributed by atoms with Gasteiger partial charge in [-0.2, -0.15) is 0 Å². The van der Waals surface area contributed by atoms with Gasteiger partial charge < -0.3 is 4.90 Å². The van der Waals surface area contributed by atoms with E-state index in [1.54, 1.807) is 25.8 Å². The van der Waals surface area contributed by atoms with Gasteiger partial charge in [-0.15, -0.1) is 0 Å². The molecule has 0 aromatic carbocycles. The van der Waals surface area contributed by atoms with Crippen LogP contribution in [0.4, 0.5) is 0 Å². The van der Waals surface area contributed by atoms with Crippen LogP contribution < -0.4 is 0 Å². The summed E-state index contributed by atoms with van der Waals surface area (Å²) >= 11 is 0. The molecule has 20 heavy (non-hydrogen) atoms. The van der Waals surface area contributed by atoms with Gasteiger partial charge in [0.15, 0.2) is 0 Å². The second-order valence-electron chi connectivity index (χ2n) is 4.65. The highest BCUT2D eigenvalue weighted by Gasteiger charge is 2.17. The molecule has 0 fully saturated rings. The predicted molar refractivity (Wildman–Crippen MR) is 88.5 cm³/mol. The zero-order valence-electron chi connectivity index (χ0n) is 12.7. The van der Waals surface area contributed by atoms with Gasteiger partial charge in [-0.3, -0.25) is 15.0 Å². The third-order valence-electron chi connectivity index (χ3n) is 3.07. The third-order valence-corrected chi connectivity index (χ3v) is 3.07. The number of hydrogen-bond donors (Lipinski definition) is 0. The summed E-state index contributed by atoms with van der Waals surface area (Å²) in [4.78, 5) is 14.2. The quantitative estimate of drug-likeness (QED) is 0.557. The molecule has 0 saturated carbocycles. The summed E-state index contributed by atoms with van der Waals surface area (Å²) in [6, 6.07) is 0. The van der Waals surface area contributed by atoms with Crippen LogP contribution in [-0.4, -0.2) is 37.8 Å². The Hall–Kier alpha value is -2.23. The fourth-order valence-electron chi connectivity index (χ4n) is 1.87. The first kappa shape index (κ1) is 15.8. The molecule has 0 aliphatic carbocycles. The molecule has 0 N–H and O–H groups in total. The molecule has 1 rings (SSSR count). The van der Waals surface area contributed by atoms with Crippen LogP contribution in [0.5, 0.6) is 0 Å². The van der Waals surface area contributed by atoms with E-state index in [1.807, 2.05) is 11.8 Å². The zero-order chi connectivity index (χ0) is 15.1. The van der Waals surface area contributed by atoms with Gasteiger partial charge in [0.2, 0.25) is 0 Å². The van der Waals surface area contributed by atoms with E-state index in [0.29, 0.717) is 6.54 Å². The average molecular weight is 270 g/mol. The Balaban J connectivity index is 2.91. The predicted octanol–water partition coefficient (Wildman–Crippen LogP) is 3.37. The second-order valence-corrected chi connectivity index (χ2v) is 4.65. The minimum atomic E-state index is 0.583. The van der Waals surface area contributed by atoms with Crippen molar-refractivity contribution in [2.24, 2.45) is 15.0 Å². The fraction of sp³-hybridized carbons (Fsp3) is 0.312. The molecule has 0 spiro atoms. The van der Waals surface area contributed by atoms with Crippen molar-refractivity contribution in [1.29, 1.82) is 0 Å². The Labute approximate surface area is 121 Å². The van der Waals surface area contributed by atoms with Crippen LogP contribution >= 0.6 is 0 Å². The number of hydrogen-bond acceptors (Lipinski definition) is 3. The first-order valence-corrected chi connectivity index (χ1v) is 6.42. The molecule has 1 aliphatic heterocycles. The van der Waals surface area contributed by atoms with Gasteiger partial charge in [-0.25, -0.2) is 0 Å². The van der Waals surface area contributed by atoms with Crippen molar-refractivity contribution in [1.82, 2.24) is 4.90 Å². The Morgan fingerprint density at radius 2 is 2.10 bits per heavy atom. The molecule has 4 heteroatoms. The van der Waals surface area contributed by atoms with Crippen molar-refractivity contribution in [3.8, 4) is 0 Å². The van der Waals surface area contributed by atoms with Crippen molar-refractivity contribution < 1.29 is 0 Å². The number of allylic oxidation sites excluding steroid dienone is 4. The maximum atomic E-state index is 4.41. The molecule has 0 bridgehead atoms. The Kier molecular flexibility index (Phi) is 5.84. The standard InChI is InChI=1S/C16H22N4/c1-12(8-17-5)9-19-10-16-7-13(2)14(3)20(11-18-6)15(16)4/h7-9,11H,4-5,10H2,1-3,6H3/b12-8-,18-11?,19-9?. The summed E-state index contributed by atoms with van der Waals surface area (Å²) in [5.41, 5.74) is 5.31. The molecule has 0 atom stereocenters. The summed E-state index contributed by atoms with van der Waals surface area (Å²) in [5.74, 6) is 0. The zero-order valence-corrected chi connectivity index (χ0v) is 12.7. The highest BCUT2D eigenvalue weighted by atomic mass is 15.2. The lowest BCUT2D eigenvalue weighted by Gasteiger charge is -2.29. The number of rotatable bonds is 5. The van der Waals surface area contributed by atoms with Crippen LogP contribution in [-0.2, 0) is 0 Å². The normalized spacial score (nSPS) is 17.4. The minimum Gasteiger partial charge on any atom is -0.305 e. The van der Waals surface area contributed by atoms with Gasteiger partial charge >= 0.3 is 0 Å². The molecular formula is C16H22N4. The van der Waals surface area contributed by atoms with Crippen LogP contribution in [0.3, 0.4) is 0 Å². The van der Waals surface area contributed by atoms with Crippen LogP contribution in [0.2, 0.25) is 0 Å². The van der Waals surface area contributed by atoms with E-state index in [2.05, 4.69) is 48.2 Å². The number of aliphatic imine (C=N–C) groups is 3. The average Bonchev–Trinajstić information content (AvgIpc) is 2.41. The highest BCUT2D eigenvalue weighted by Crippen LogP contribution is 2.27. The van der Waals surface area contributed by atoms with Gasteiger partial charge in [0.25, 0.3) is 0 Å². The van der Waals surface area contributed by atoms with Gasteiger partial charge in [-0.1, -0.05) is 12.7 Å². The largest absolute Gasteiger partial charge is 0.305 e. The van der Waals surface area contributed by atoms with E-state index in [9.17, 15) is 0 Å². The molecule has 1 aliphatic rings. The summed E-state index contributed by atoms with van der Waals surface area (Å²) in [6.07, 6.45) is 7.38. The van der Waals surface area contributed by atoms with Crippen LogP contribution in [0, 0.1) is 0 Å². The van der Waals surface area contributed by atoms with Crippen molar-refractivity contribution in [2.75, 3.05) is 13.6 Å². The Morgan fingerprint density at radius 3 is 2.70 bits per heavy atom. The molecule has 0 unspecified atom stereocenters. The topological polar surface area (TPSA) is 40.3 Å². The second kappa shape index (κ2) is 7.38. The van der Waals surface area contributed by atoms with E-state index in [1.165, 1.54) is 5.57 Å². The maximum absolute atomic E-state index is 4.41. The monoisotopic (exact) mass is 270 g/mol. The molecule has 106 valence electrons. The van der Waals surface area contributed by atoms with Gasteiger partial charge in [-0.05, 0) is 44.2 Å². The van der Waals surface area contributed by atoms with E-state index in [4.69, 9.17) is 0 Å². The molecule has 1 heterocycles. The van der Waals surface area contributed by atoms with Crippen molar-refractivity contribution in [2.45, 2.75) is 20.8 Å². The fourth-order valence-corrected chi connectivity index (χ4v) is 1.87. The summed E-state index contributed by atoms with van der Waals surface area (Å²) < 4.78 is 0. The molecule has 0 aromatic rings. The van der Waals surface area contributed by atoms with Gasteiger partial charge in [0, 0.05) is 30.9 Å². The van der Waals surface area contributed by atoms with Crippen LogP contribution in [0.15, 0.2) is 61.9 Å². The first-order valence-electron chi connectivity index (χ1n) is 6.42. The summed E-state index contributed by atoms with van der Waals surface area (Å²) in [5, 5.41) is 0. The third kappa shape index (κ3) is 3.88. The van der Waals surface area contributed by atoms with Crippen molar-refractivity contribution >= 4 is 19.3 Å². The summed E-state index contributed by atoms with van der Waals surface area (Å²) in [7, 11) is 1.75. The van der Waals surface area contributed by atoms with Gasteiger partial charge in [0.05, 0.1) is 12.9 Å². The smallest absolute Gasteiger partial charge is 0.0934 e. The van der Waals surface area contributed by atoms with Crippen molar-refractivity contribution in [3.63, 3.8) is 0 Å². The Morgan fingerprint density at radius 1 is 1.40 bits per heavy atom. The lowest BCUT2D eigenvalue weighted by Crippen LogP contribution is -2.24. The molecule has 0 radical (unpaired) electrons.